The van der Waals surface area contributed by atoms with Crippen LogP contribution in [0.15, 0.2) is 18.2 Å². The first-order valence-corrected chi connectivity index (χ1v) is 5.89. The van der Waals surface area contributed by atoms with Crippen molar-refractivity contribution in [2.45, 2.75) is 19.8 Å². The first-order valence-electron chi connectivity index (χ1n) is 5.89. The lowest BCUT2D eigenvalue weighted by Crippen LogP contribution is -2.17. The van der Waals surface area contributed by atoms with E-state index in [-0.39, 0.29) is 5.91 Å². The Balaban J connectivity index is 2.68. The second-order valence-corrected chi connectivity index (χ2v) is 4.15. The summed E-state index contributed by atoms with van der Waals surface area (Å²) >= 11 is 0. The van der Waals surface area contributed by atoms with E-state index in [0.717, 1.165) is 18.5 Å². The number of amides is 2. The Labute approximate surface area is 107 Å². The topological polar surface area (TPSA) is 84.2 Å². The molecule has 0 unspecified atom stereocenters. The molecule has 0 aliphatic rings. The summed E-state index contributed by atoms with van der Waals surface area (Å²) in [5.41, 5.74) is 7.14. The summed E-state index contributed by atoms with van der Waals surface area (Å²) < 4.78 is 0. The number of carbonyl (C=O) groups is 2. The molecule has 4 N–H and O–H groups in total. The van der Waals surface area contributed by atoms with Gasteiger partial charge < -0.3 is 16.4 Å². The molecule has 0 spiro atoms. The Kier molecular flexibility index (Phi) is 5.32. The Hall–Kier alpha value is -1.88. The number of benzene rings is 1. The Morgan fingerprint density at radius 3 is 2.67 bits per heavy atom. The second-order valence-electron chi connectivity index (χ2n) is 4.15. The van der Waals surface area contributed by atoms with Gasteiger partial charge in [-0.05, 0) is 44.6 Å². The van der Waals surface area contributed by atoms with Gasteiger partial charge >= 0.3 is 0 Å². The predicted octanol–water partition coefficient (Wildman–Crippen LogP) is 1.03. The molecule has 0 fully saturated rings. The number of primary amides is 1. The minimum Gasteiger partial charge on any atom is -0.366 e. The quantitative estimate of drug-likeness (QED) is 0.658. The summed E-state index contributed by atoms with van der Waals surface area (Å²) in [6.07, 6.45) is 1.22. The number of rotatable bonds is 6. The van der Waals surface area contributed by atoms with E-state index in [0.29, 0.717) is 17.7 Å². The second kappa shape index (κ2) is 6.76. The van der Waals surface area contributed by atoms with Gasteiger partial charge in [0.15, 0.2) is 0 Å². The van der Waals surface area contributed by atoms with Crippen LogP contribution in [0.25, 0.3) is 0 Å². The maximum absolute atomic E-state index is 11.7. The molecule has 0 heterocycles. The van der Waals surface area contributed by atoms with Crippen LogP contribution in [0.1, 0.15) is 28.8 Å². The average Bonchev–Trinajstić information content (AvgIpc) is 2.32. The summed E-state index contributed by atoms with van der Waals surface area (Å²) in [5.74, 6) is -0.560. The number of nitrogens with two attached hydrogens (primary N) is 1. The first kappa shape index (κ1) is 14.2. The molecule has 0 atom stereocenters. The minimum atomic E-state index is -0.499. The van der Waals surface area contributed by atoms with Gasteiger partial charge in [0.05, 0.1) is 0 Å². The van der Waals surface area contributed by atoms with Gasteiger partial charge in [-0.3, -0.25) is 9.59 Å². The fourth-order valence-corrected chi connectivity index (χ4v) is 1.55. The maximum Gasteiger partial charge on any atom is 0.248 e. The molecule has 1 aromatic rings. The number of hydrogen-bond donors (Lipinski definition) is 3. The van der Waals surface area contributed by atoms with Crippen molar-refractivity contribution in [3.05, 3.63) is 29.3 Å². The monoisotopic (exact) mass is 249 g/mol. The molecule has 0 saturated heterocycles. The lowest BCUT2D eigenvalue weighted by Gasteiger charge is -2.09. The van der Waals surface area contributed by atoms with Gasteiger partial charge in [-0.2, -0.15) is 0 Å². The van der Waals surface area contributed by atoms with Crippen molar-refractivity contribution in [1.82, 2.24) is 5.32 Å². The van der Waals surface area contributed by atoms with Crippen LogP contribution in [-0.2, 0) is 4.79 Å². The molecule has 0 aliphatic carbocycles. The van der Waals surface area contributed by atoms with Crippen molar-refractivity contribution in [3.63, 3.8) is 0 Å². The third-order valence-corrected chi connectivity index (χ3v) is 2.63. The lowest BCUT2D eigenvalue weighted by molar-refractivity contribution is -0.116. The van der Waals surface area contributed by atoms with Gasteiger partial charge in [0.1, 0.15) is 0 Å². The SMILES string of the molecule is CNCCCC(=O)Nc1cc(C(N)=O)ccc1C. The standard InChI is InChI=1S/C13H19N3O2/c1-9-5-6-10(13(14)18)8-11(9)16-12(17)4-3-7-15-2/h5-6,8,15H,3-4,7H2,1-2H3,(H2,14,18)(H,16,17). The van der Waals surface area contributed by atoms with E-state index in [9.17, 15) is 9.59 Å². The van der Waals surface area contributed by atoms with Crippen molar-refractivity contribution in [2.75, 3.05) is 18.9 Å². The molecule has 5 nitrogen and oxygen atoms in total. The molecule has 0 aromatic heterocycles. The van der Waals surface area contributed by atoms with Crippen molar-refractivity contribution >= 4 is 17.5 Å². The highest BCUT2D eigenvalue weighted by Crippen LogP contribution is 2.17. The minimum absolute atomic E-state index is 0.0602. The Morgan fingerprint density at radius 1 is 1.33 bits per heavy atom. The highest BCUT2D eigenvalue weighted by molar-refractivity contribution is 5.96. The number of nitrogens with one attached hydrogen (secondary N) is 2. The van der Waals surface area contributed by atoms with Gasteiger partial charge in [-0.1, -0.05) is 6.07 Å². The summed E-state index contributed by atoms with van der Waals surface area (Å²) in [6.45, 7) is 2.67. The molecule has 1 aromatic carbocycles. The Bertz CT molecular complexity index is 444. The van der Waals surface area contributed by atoms with Gasteiger partial charge in [0.25, 0.3) is 0 Å². The molecular formula is C13H19N3O2. The molecule has 0 radical (unpaired) electrons. The summed E-state index contributed by atoms with van der Waals surface area (Å²) in [6, 6.07) is 5.02. The summed E-state index contributed by atoms with van der Waals surface area (Å²) in [5, 5.41) is 5.77. The van der Waals surface area contributed by atoms with Crippen LogP contribution in [0.3, 0.4) is 0 Å². The van der Waals surface area contributed by atoms with E-state index in [4.69, 9.17) is 5.73 Å². The molecular weight excluding hydrogens is 230 g/mol. The van der Waals surface area contributed by atoms with Crippen LogP contribution < -0.4 is 16.4 Å². The fraction of sp³-hybridized carbons (Fsp3) is 0.385. The van der Waals surface area contributed by atoms with Crippen LogP contribution in [0.5, 0.6) is 0 Å². The Morgan fingerprint density at radius 2 is 2.06 bits per heavy atom. The first-order chi connectivity index (χ1) is 8.54. The van der Waals surface area contributed by atoms with Crippen LogP contribution in [0, 0.1) is 6.92 Å². The number of aryl methyl sites for hydroxylation is 1. The van der Waals surface area contributed by atoms with Gasteiger partial charge in [0, 0.05) is 17.7 Å². The number of anilines is 1. The van der Waals surface area contributed by atoms with Crippen LogP contribution in [-0.4, -0.2) is 25.4 Å². The number of hydrogen-bond acceptors (Lipinski definition) is 3. The van der Waals surface area contributed by atoms with Crippen molar-refractivity contribution in [3.8, 4) is 0 Å². The molecule has 0 saturated carbocycles. The maximum atomic E-state index is 11.7. The molecule has 18 heavy (non-hydrogen) atoms. The van der Waals surface area contributed by atoms with Crippen molar-refractivity contribution < 1.29 is 9.59 Å². The third kappa shape index (κ3) is 4.18. The third-order valence-electron chi connectivity index (χ3n) is 2.63. The molecule has 98 valence electrons. The van der Waals surface area contributed by atoms with Gasteiger partial charge in [0.2, 0.25) is 11.8 Å². The average molecular weight is 249 g/mol. The summed E-state index contributed by atoms with van der Waals surface area (Å²) in [4.78, 5) is 22.7. The normalized spacial score (nSPS) is 10.1. The lowest BCUT2D eigenvalue weighted by atomic mass is 10.1. The fourth-order valence-electron chi connectivity index (χ4n) is 1.55. The molecule has 2 amide bonds. The van der Waals surface area contributed by atoms with Crippen LogP contribution in [0.2, 0.25) is 0 Å². The zero-order chi connectivity index (χ0) is 13.5. The highest BCUT2D eigenvalue weighted by atomic mass is 16.2. The van der Waals surface area contributed by atoms with Crippen molar-refractivity contribution in [1.29, 1.82) is 0 Å². The van der Waals surface area contributed by atoms with E-state index in [1.165, 1.54) is 0 Å². The largest absolute Gasteiger partial charge is 0.366 e. The molecule has 5 heteroatoms. The van der Waals surface area contributed by atoms with Gasteiger partial charge in [-0.15, -0.1) is 0 Å². The van der Waals surface area contributed by atoms with Crippen LogP contribution >= 0.6 is 0 Å². The summed E-state index contributed by atoms with van der Waals surface area (Å²) in [7, 11) is 1.85. The van der Waals surface area contributed by atoms with Crippen LogP contribution in [0.4, 0.5) is 5.69 Å². The van der Waals surface area contributed by atoms with E-state index in [1.54, 1.807) is 18.2 Å². The van der Waals surface area contributed by atoms with Crippen molar-refractivity contribution in [2.24, 2.45) is 5.73 Å². The van der Waals surface area contributed by atoms with E-state index < -0.39 is 5.91 Å². The number of carbonyl (C=O) groups excluding carboxylic acids is 2. The van der Waals surface area contributed by atoms with E-state index in [2.05, 4.69) is 10.6 Å². The predicted molar refractivity (Wildman–Crippen MR) is 71.5 cm³/mol. The van der Waals surface area contributed by atoms with E-state index >= 15 is 0 Å². The highest BCUT2D eigenvalue weighted by Gasteiger charge is 2.07. The van der Waals surface area contributed by atoms with Gasteiger partial charge in [-0.25, -0.2) is 0 Å². The molecule has 0 bridgehead atoms. The zero-order valence-corrected chi connectivity index (χ0v) is 10.7. The molecule has 0 aliphatic heterocycles. The zero-order valence-electron chi connectivity index (χ0n) is 10.7. The molecule has 1 rings (SSSR count). The smallest absolute Gasteiger partial charge is 0.248 e. The van der Waals surface area contributed by atoms with E-state index in [1.807, 2.05) is 14.0 Å².